The molecule has 2 heterocycles. The van der Waals surface area contributed by atoms with E-state index in [1.807, 2.05) is 18.2 Å². The molecule has 0 bridgehead atoms. The number of aliphatic hydroxyl groups is 1. The lowest BCUT2D eigenvalue weighted by molar-refractivity contribution is 0.194. The van der Waals surface area contributed by atoms with E-state index in [-0.39, 0.29) is 0 Å². The van der Waals surface area contributed by atoms with E-state index in [4.69, 9.17) is 0 Å². The Kier molecular flexibility index (Phi) is 4.19. The van der Waals surface area contributed by atoms with Gasteiger partial charge in [-0.15, -0.1) is 0 Å². The average molecular weight is 249 g/mol. The molecule has 2 rings (SSSR count). The minimum absolute atomic E-state index is 0.498. The van der Waals surface area contributed by atoms with Gasteiger partial charge in [0.15, 0.2) is 0 Å². The Morgan fingerprint density at radius 1 is 1.11 bits per heavy atom. The summed E-state index contributed by atoms with van der Waals surface area (Å²) in [6.07, 6.45) is -0.498. The number of hydrogen-bond donors (Lipinski definition) is 1. The van der Waals surface area contributed by atoms with Gasteiger partial charge in [0.2, 0.25) is 0 Å². The molecule has 18 heavy (non-hydrogen) atoms. The number of piperazine rings is 1. The van der Waals surface area contributed by atoms with E-state index in [1.165, 1.54) is 0 Å². The fourth-order valence-electron chi connectivity index (χ4n) is 2.32. The summed E-state index contributed by atoms with van der Waals surface area (Å²) in [5.41, 5.74) is 0.749. The summed E-state index contributed by atoms with van der Waals surface area (Å²) in [4.78, 5) is 9.30. The standard InChI is InChI=1S/C14H23N3O/c1-11(2)16-7-9-17(10-8-16)14-6-4-5-13(15-14)12(3)18/h4-6,11-12,18H,7-10H2,1-3H3. The average Bonchev–Trinajstić information content (AvgIpc) is 2.39. The van der Waals surface area contributed by atoms with Crippen LogP contribution in [0.2, 0.25) is 0 Å². The molecule has 0 saturated carbocycles. The minimum Gasteiger partial charge on any atom is -0.387 e. The van der Waals surface area contributed by atoms with Gasteiger partial charge >= 0.3 is 0 Å². The molecule has 4 heteroatoms. The van der Waals surface area contributed by atoms with Gasteiger partial charge in [0.25, 0.3) is 0 Å². The summed E-state index contributed by atoms with van der Waals surface area (Å²) in [7, 11) is 0. The smallest absolute Gasteiger partial charge is 0.129 e. The van der Waals surface area contributed by atoms with Crippen LogP contribution in [0, 0.1) is 0 Å². The normalized spacial score (nSPS) is 19.3. The molecule has 4 nitrogen and oxygen atoms in total. The second-order valence-electron chi connectivity index (χ2n) is 5.21. The Labute approximate surface area is 109 Å². The molecule has 1 saturated heterocycles. The number of pyridine rings is 1. The third-order valence-electron chi connectivity index (χ3n) is 3.55. The fraction of sp³-hybridized carbons (Fsp3) is 0.643. The summed E-state index contributed by atoms with van der Waals surface area (Å²) in [6.45, 7) is 10.4. The van der Waals surface area contributed by atoms with E-state index < -0.39 is 6.10 Å². The Morgan fingerprint density at radius 2 is 1.78 bits per heavy atom. The van der Waals surface area contributed by atoms with Crippen LogP contribution in [0.15, 0.2) is 18.2 Å². The summed E-state index contributed by atoms with van der Waals surface area (Å²) in [5.74, 6) is 0.983. The van der Waals surface area contributed by atoms with E-state index in [1.54, 1.807) is 6.92 Å². The summed E-state index contributed by atoms with van der Waals surface area (Å²) in [6, 6.07) is 6.48. The summed E-state index contributed by atoms with van der Waals surface area (Å²) >= 11 is 0. The van der Waals surface area contributed by atoms with Crippen LogP contribution >= 0.6 is 0 Å². The molecular weight excluding hydrogens is 226 g/mol. The van der Waals surface area contributed by atoms with E-state index in [0.717, 1.165) is 37.7 Å². The van der Waals surface area contributed by atoms with Crippen LogP contribution in [0.4, 0.5) is 5.82 Å². The van der Waals surface area contributed by atoms with Crippen molar-refractivity contribution in [1.82, 2.24) is 9.88 Å². The molecular formula is C14H23N3O. The van der Waals surface area contributed by atoms with Crippen LogP contribution in [0.1, 0.15) is 32.6 Å². The van der Waals surface area contributed by atoms with Crippen molar-refractivity contribution in [3.63, 3.8) is 0 Å². The predicted molar refractivity (Wildman–Crippen MR) is 73.8 cm³/mol. The first-order valence-corrected chi connectivity index (χ1v) is 6.72. The second-order valence-corrected chi connectivity index (χ2v) is 5.21. The van der Waals surface area contributed by atoms with Crippen molar-refractivity contribution in [3.8, 4) is 0 Å². The van der Waals surface area contributed by atoms with Gasteiger partial charge in [0, 0.05) is 32.2 Å². The first-order chi connectivity index (χ1) is 8.58. The van der Waals surface area contributed by atoms with Gasteiger partial charge in [-0.25, -0.2) is 4.98 Å². The maximum Gasteiger partial charge on any atom is 0.129 e. The van der Waals surface area contributed by atoms with Gasteiger partial charge in [-0.05, 0) is 32.9 Å². The second kappa shape index (κ2) is 5.67. The molecule has 1 fully saturated rings. The molecule has 1 aromatic heterocycles. The van der Waals surface area contributed by atoms with Crippen molar-refractivity contribution in [1.29, 1.82) is 0 Å². The lowest BCUT2D eigenvalue weighted by Crippen LogP contribution is -2.49. The fourth-order valence-corrected chi connectivity index (χ4v) is 2.32. The first-order valence-electron chi connectivity index (χ1n) is 6.72. The molecule has 1 atom stereocenters. The quantitative estimate of drug-likeness (QED) is 0.884. The zero-order valence-electron chi connectivity index (χ0n) is 11.5. The topological polar surface area (TPSA) is 39.6 Å². The number of rotatable bonds is 3. The highest BCUT2D eigenvalue weighted by Crippen LogP contribution is 2.18. The van der Waals surface area contributed by atoms with Crippen molar-refractivity contribution in [2.24, 2.45) is 0 Å². The number of anilines is 1. The predicted octanol–water partition coefficient (Wildman–Crippen LogP) is 1.67. The van der Waals surface area contributed by atoms with Crippen molar-refractivity contribution < 1.29 is 5.11 Å². The van der Waals surface area contributed by atoms with Crippen molar-refractivity contribution in [2.45, 2.75) is 32.9 Å². The van der Waals surface area contributed by atoms with Crippen LogP contribution < -0.4 is 4.90 Å². The van der Waals surface area contributed by atoms with E-state index in [2.05, 4.69) is 28.6 Å². The van der Waals surface area contributed by atoms with Crippen molar-refractivity contribution in [3.05, 3.63) is 23.9 Å². The molecule has 100 valence electrons. The molecule has 1 aromatic rings. The van der Waals surface area contributed by atoms with E-state index >= 15 is 0 Å². The minimum atomic E-state index is -0.498. The molecule has 1 unspecified atom stereocenters. The molecule has 0 aliphatic carbocycles. The van der Waals surface area contributed by atoms with Gasteiger partial charge in [0.1, 0.15) is 5.82 Å². The van der Waals surface area contributed by atoms with E-state index in [0.29, 0.717) is 6.04 Å². The summed E-state index contributed by atoms with van der Waals surface area (Å²) < 4.78 is 0. The van der Waals surface area contributed by atoms with Crippen LogP contribution in [0.3, 0.4) is 0 Å². The highest BCUT2D eigenvalue weighted by molar-refractivity contribution is 5.40. The lowest BCUT2D eigenvalue weighted by Gasteiger charge is -2.37. The third kappa shape index (κ3) is 3.00. The lowest BCUT2D eigenvalue weighted by atomic mass is 10.2. The highest BCUT2D eigenvalue weighted by atomic mass is 16.3. The molecule has 0 radical (unpaired) electrons. The molecule has 1 N–H and O–H groups in total. The SMILES string of the molecule is CC(O)c1cccc(N2CCN(C(C)C)CC2)n1. The van der Waals surface area contributed by atoms with Crippen LogP contribution in [-0.2, 0) is 0 Å². The van der Waals surface area contributed by atoms with Crippen molar-refractivity contribution in [2.75, 3.05) is 31.1 Å². The number of nitrogens with zero attached hydrogens (tertiary/aromatic N) is 3. The zero-order chi connectivity index (χ0) is 13.1. The van der Waals surface area contributed by atoms with Crippen LogP contribution in [-0.4, -0.2) is 47.2 Å². The van der Waals surface area contributed by atoms with Gasteiger partial charge in [-0.2, -0.15) is 0 Å². The molecule has 1 aliphatic heterocycles. The van der Waals surface area contributed by atoms with Gasteiger partial charge < -0.3 is 10.0 Å². The Balaban J connectivity index is 2.03. The Bertz CT molecular complexity index is 384. The van der Waals surface area contributed by atoms with Gasteiger partial charge in [-0.1, -0.05) is 6.07 Å². The van der Waals surface area contributed by atoms with E-state index in [9.17, 15) is 5.11 Å². The maximum absolute atomic E-state index is 9.57. The molecule has 0 aromatic carbocycles. The largest absolute Gasteiger partial charge is 0.387 e. The van der Waals surface area contributed by atoms with Gasteiger partial charge in [0.05, 0.1) is 11.8 Å². The molecule has 1 aliphatic rings. The third-order valence-corrected chi connectivity index (χ3v) is 3.55. The maximum atomic E-state index is 9.57. The Morgan fingerprint density at radius 3 is 2.33 bits per heavy atom. The monoisotopic (exact) mass is 249 g/mol. The number of aliphatic hydroxyl groups excluding tert-OH is 1. The first kappa shape index (κ1) is 13.3. The summed E-state index contributed by atoms with van der Waals surface area (Å²) in [5, 5.41) is 9.57. The Hall–Kier alpha value is -1.13. The molecule has 0 spiro atoms. The van der Waals surface area contributed by atoms with Crippen LogP contribution in [0.5, 0.6) is 0 Å². The van der Waals surface area contributed by atoms with Crippen molar-refractivity contribution >= 4 is 5.82 Å². The number of hydrogen-bond acceptors (Lipinski definition) is 4. The highest BCUT2D eigenvalue weighted by Gasteiger charge is 2.19. The van der Waals surface area contributed by atoms with Crippen LogP contribution in [0.25, 0.3) is 0 Å². The number of aromatic nitrogens is 1. The zero-order valence-corrected chi connectivity index (χ0v) is 11.5. The molecule has 0 amide bonds. The van der Waals surface area contributed by atoms with Gasteiger partial charge in [-0.3, -0.25) is 4.90 Å².